The number of methoxy groups -OCH3 is 2. The number of hydrogen-bond acceptors (Lipinski definition) is 5. The van der Waals surface area contributed by atoms with Crippen LogP contribution >= 0.6 is 0 Å². The van der Waals surface area contributed by atoms with E-state index in [2.05, 4.69) is 9.80 Å². The van der Waals surface area contributed by atoms with Crippen molar-refractivity contribution in [3.8, 4) is 11.5 Å². The van der Waals surface area contributed by atoms with Crippen LogP contribution in [-0.2, 0) is 4.79 Å². The lowest BCUT2D eigenvalue weighted by Crippen LogP contribution is -2.46. The molecule has 3 rings (SSSR count). The fourth-order valence-electron chi connectivity index (χ4n) is 4.41. The monoisotopic (exact) mass is 390 g/mol. The first kappa shape index (κ1) is 20.9. The molecule has 0 spiro atoms. The van der Waals surface area contributed by atoms with Gasteiger partial charge in [-0.2, -0.15) is 0 Å². The number of aliphatic hydroxyl groups is 1. The largest absolute Gasteiger partial charge is 0.497 e. The van der Waals surface area contributed by atoms with E-state index in [4.69, 9.17) is 9.47 Å². The first-order valence-electron chi connectivity index (χ1n) is 10.5. The molecule has 0 aromatic heterocycles. The lowest BCUT2D eigenvalue weighted by molar-refractivity contribution is -0.137. The molecule has 1 aromatic carbocycles. The second kappa shape index (κ2) is 10.1. The maximum atomic E-state index is 13.0. The summed E-state index contributed by atoms with van der Waals surface area (Å²) < 4.78 is 10.7. The van der Waals surface area contributed by atoms with E-state index in [-0.39, 0.29) is 5.92 Å². The van der Waals surface area contributed by atoms with E-state index in [0.717, 1.165) is 57.4 Å². The Kier molecular flexibility index (Phi) is 7.57. The zero-order valence-corrected chi connectivity index (χ0v) is 17.2. The lowest BCUT2D eigenvalue weighted by Gasteiger charge is -2.35. The van der Waals surface area contributed by atoms with Crippen molar-refractivity contribution in [3.63, 3.8) is 0 Å². The van der Waals surface area contributed by atoms with Crippen LogP contribution in [0, 0.1) is 5.92 Å². The third-order valence-electron chi connectivity index (χ3n) is 6.00. The number of benzene rings is 1. The van der Waals surface area contributed by atoms with Crippen LogP contribution in [0.2, 0.25) is 0 Å². The van der Waals surface area contributed by atoms with Gasteiger partial charge in [0.25, 0.3) is 0 Å². The maximum Gasteiger partial charge on any atom is 0.226 e. The molecule has 2 atom stereocenters. The lowest BCUT2D eigenvalue weighted by atomic mass is 9.95. The molecular formula is C22H34N2O4. The predicted octanol–water partition coefficient (Wildman–Crippen LogP) is 2.85. The maximum absolute atomic E-state index is 13.0. The molecule has 0 saturated carbocycles. The summed E-state index contributed by atoms with van der Waals surface area (Å²) in [5, 5.41) is 10.8. The molecule has 0 aliphatic carbocycles. The third kappa shape index (κ3) is 5.17. The number of β-amino-alcohol motifs (C(OH)–C–C–N with tert-alkyl or cyclic N) is 1. The second-order valence-corrected chi connectivity index (χ2v) is 7.96. The van der Waals surface area contributed by atoms with Gasteiger partial charge in [0.05, 0.1) is 26.2 Å². The smallest absolute Gasteiger partial charge is 0.226 e. The zero-order valence-electron chi connectivity index (χ0n) is 17.2. The molecule has 2 aliphatic heterocycles. The van der Waals surface area contributed by atoms with E-state index >= 15 is 0 Å². The number of hydrogen-bond donors (Lipinski definition) is 1. The van der Waals surface area contributed by atoms with Gasteiger partial charge in [-0.05, 0) is 50.4 Å². The van der Waals surface area contributed by atoms with Gasteiger partial charge < -0.3 is 19.5 Å². The van der Waals surface area contributed by atoms with Crippen molar-refractivity contribution in [3.05, 3.63) is 23.8 Å². The average molecular weight is 391 g/mol. The Morgan fingerprint density at radius 3 is 2.54 bits per heavy atom. The van der Waals surface area contributed by atoms with Crippen LogP contribution in [0.5, 0.6) is 11.5 Å². The number of carbonyl (C=O) groups excluding carboxylic acids is 1. The number of carbonyl (C=O) groups is 1. The van der Waals surface area contributed by atoms with E-state index < -0.39 is 6.10 Å². The van der Waals surface area contributed by atoms with Crippen molar-refractivity contribution in [2.45, 2.75) is 44.6 Å². The molecule has 2 aliphatic rings. The summed E-state index contributed by atoms with van der Waals surface area (Å²) in [4.78, 5) is 17.3. The minimum atomic E-state index is -0.683. The average Bonchev–Trinajstić information content (AvgIpc) is 3.02. The summed E-state index contributed by atoms with van der Waals surface area (Å²) in [6.07, 6.45) is 5.96. The highest BCUT2D eigenvalue weighted by molar-refractivity contribution is 5.79. The third-order valence-corrected chi connectivity index (χ3v) is 6.00. The summed E-state index contributed by atoms with van der Waals surface area (Å²) in [6.45, 7) is 3.93. The van der Waals surface area contributed by atoms with Crippen molar-refractivity contribution in [2.24, 2.45) is 5.92 Å². The number of rotatable bonds is 6. The van der Waals surface area contributed by atoms with E-state index in [1.54, 1.807) is 14.2 Å². The summed E-state index contributed by atoms with van der Waals surface area (Å²) in [5.41, 5.74) is 0.725. The minimum absolute atomic E-state index is 0.0475. The highest BCUT2D eigenvalue weighted by atomic mass is 16.5. The van der Waals surface area contributed by atoms with Crippen molar-refractivity contribution in [1.82, 2.24) is 9.80 Å². The molecule has 156 valence electrons. The highest BCUT2D eigenvalue weighted by Crippen LogP contribution is 2.31. The summed E-state index contributed by atoms with van der Waals surface area (Å²) in [6, 6.07) is 5.47. The molecule has 2 heterocycles. The van der Waals surface area contributed by atoms with Crippen molar-refractivity contribution < 1.29 is 19.4 Å². The Morgan fingerprint density at radius 2 is 1.86 bits per heavy atom. The molecule has 28 heavy (non-hydrogen) atoms. The normalized spacial score (nSPS) is 22.4. The number of likely N-dealkylation sites (tertiary alicyclic amines) is 2. The van der Waals surface area contributed by atoms with Gasteiger partial charge in [-0.15, -0.1) is 0 Å². The fraction of sp³-hybridized carbons (Fsp3) is 0.682. The highest BCUT2D eigenvalue weighted by Gasteiger charge is 2.30. The van der Waals surface area contributed by atoms with E-state index in [0.29, 0.717) is 24.0 Å². The summed E-state index contributed by atoms with van der Waals surface area (Å²) in [7, 11) is 3.22. The molecule has 1 aromatic rings. The van der Waals surface area contributed by atoms with Crippen LogP contribution in [0.1, 0.15) is 50.2 Å². The van der Waals surface area contributed by atoms with Gasteiger partial charge in [0.15, 0.2) is 0 Å². The van der Waals surface area contributed by atoms with Gasteiger partial charge in [0, 0.05) is 31.7 Å². The molecule has 0 bridgehead atoms. The first-order chi connectivity index (χ1) is 13.6. The molecule has 2 fully saturated rings. The Morgan fingerprint density at radius 1 is 1.11 bits per heavy atom. The van der Waals surface area contributed by atoms with Gasteiger partial charge in [0.2, 0.25) is 5.91 Å². The zero-order chi connectivity index (χ0) is 19.9. The Balaban J connectivity index is 1.62. The van der Waals surface area contributed by atoms with Crippen molar-refractivity contribution in [2.75, 3.05) is 46.9 Å². The van der Waals surface area contributed by atoms with Crippen LogP contribution in [0.15, 0.2) is 18.2 Å². The molecule has 0 radical (unpaired) electrons. The van der Waals surface area contributed by atoms with Crippen LogP contribution in [-0.4, -0.2) is 67.8 Å². The summed E-state index contributed by atoms with van der Waals surface area (Å²) in [5.74, 6) is 1.71. The van der Waals surface area contributed by atoms with Crippen LogP contribution in [0.4, 0.5) is 0 Å². The van der Waals surface area contributed by atoms with Crippen LogP contribution in [0.25, 0.3) is 0 Å². The van der Waals surface area contributed by atoms with Crippen LogP contribution < -0.4 is 9.47 Å². The predicted molar refractivity (Wildman–Crippen MR) is 109 cm³/mol. The van der Waals surface area contributed by atoms with Gasteiger partial charge >= 0.3 is 0 Å². The summed E-state index contributed by atoms with van der Waals surface area (Å²) >= 11 is 0. The number of amides is 1. The molecule has 1 amide bonds. The Labute approximate surface area is 168 Å². The first-order valence-corrected chi connectivity index (χ1v) is 10.5. The second-order valence-electron chi connectivity index (χ2n) is 7.96. The van der Waals surface area contributed by atoms with E-state index in [9.17, 15) is 9.90 Å². The van der Waals surface area contributed by atoms with Crippen molar-refractivity contribution >= 4 is 5.91 Å². The Bertz CT molecular complexity index is 643. The van der Waals surface area contributed by atoms with Crippen molar-refractivity contribution in [1.29, 1.82) is 0 Å². The number of aliphatic hydroxyl groups excluding tert-OH is 1. The Hall–Kier alpha value is -1.79. The SMILES string of the molecule is COc1ccc(OC)c([C@@H](O)CN2CCC[C@H](C(=O)N3CCCCCC3)C2)c1. The topological polar surface area (TPSA) is 62.2 Å². The number of ether oxygens (including phenoxy) is 2. The minimum Gasteiger partial charge on any atom is -0.497 e. The molecule has 1 N–H and O–H groups in total. The molecule has 2 saturated heterocycles. The number of nitrogens with zero attached hydrogens (tertiary/aromatic N) is 2. The van der Waals surface area contributed by atoms with Gasteiger partial charge in [-0.25, -0.2) is 0 Å². The van der Waals surface area contributed by atoms with E-state index in [1.807, 2.05) is 18.2 Å². The standard InChI is InChI=1S/C22H34N2O4/c1-27-18-9-10-21(28-2)19(14-18)20(25)16-23-11-7-8-17(15-23)22(26)24-12-5-3-4-6-13-24/h9-10,14,17,20,25H,3-8,11-13,15-16H2,1-2H3/t17-,20-/m0/s1. The van der Waals surface area contributed by atoms with Gasteiger partial charge in [-0.3, -0.25) is 9.69 Å². The van der Waals surface area contributed by atoms with Gasteiger partial charge in [0.1, 0.15) is 11.5 Å². The van der Waals surface area contributed by atoms with E-state index in [1.165, 1.54) is 12.8 Å². The van der Waals surface area contributed by atoms with Crippen LogP contribution in [0.3, 0.4) is 0 Å². The fourth-order valence-corrected chi connectivity index (χ4v) is 4.41. The molecule has 6 heteroatoms. The number of piperidine rings is 1. The van der Waals surface area contributed by atoms with Gasteiger partial charge in [-0.1, -0.05) is 12.8 Å². The molecular weight excluding hydrogens is 356 g/mol. The molecule has 0 unspecified atom stereocenters. The molecule has 6 nitrogen and oxygen atoms in total. The quantitative estimate of drug-likeness (QED) is 0.809.